The van der Waals surface area contributed by atoms with Gasteiger partial charge in [-0.2, -0.15) is 0 Å². The fraction of sp³-hybridized carbons (Fsp3) is 0.423. The van der Waals surface area contributed by atoms with Crippen LogP contribution in [0.5, 0.6) is 0 Å². The highest BCUT2D eigenvalue weighted by atomic mass is 16.5. The largest absolute Gasteiger partial charge is 0.481 e. The first-order valence-corrected chi connectivity index (χ1v) is 12.2. The summed E-state index contributed by atoms with van der Waals surface area (Å²) in [5, 5.41) is 12.2. The molecule has 192 valence electrons. The van der Waals surface area contributed by atoms with Crippen molar-refractivity contribution in [1.29, 1.82) is 0 Å². The van der Waals surface area contributed by atoms with Crippen molar-refractivity contribution < 1.29 is 24.2 Å². The number of urea groups is 1. The quantitative estimate of drug-likeness (QED) is 0.524. The molecule has 0 aromatic heterocycles. The number of rotatable bonds is 6. The van der Waals surface area contributed by atoms with Crippen molar-refractivity contribution in [3.63, 3.8) is 0 Å². The van der Waals surface area contributed by atoms with Gasteiger partial charge in [0.1, 0.15) is 0 Å². The molecule has 4 N–H and O–H groups in total. The second-order valence-corrected chi connectivity index (χ2v) is 9.16. The zero-order valence-electron chi connectivity index (χ0n) is 20.5. The van der Waals surface area contributed by atoms with Crippen LogP contribution in [0.3, 0.4) is 0 Å². The topological polar surface area (TPSA) is 128 Å². The fourth-order valence-corrected chi connectivity index (χ4v) is 4.54. The number of hydrogen-bond acceptors (Lipinski definition) is 6. The van der Waals surface area contributed by atoms with Crippen molar-refractivity contribution in [2.24, 2.45) is 0 Å². The highest BCUT2D eigenvalue weighted by molar-refractivity contribution is 5.96. The summed E-state index contributed by atoms with van der Waals surface area (Å²) in [6.07, 6.45) is -0.226. The van der Waals surface area contributed by atoms with Crippen LogP contribution in [0, 0.1) is 6.92 Å². The Morgan fingerprint density at radius 3 is 2.22 bits per heavy atom. The molecule has 10 heteroatoms. The molecule has 2 aliphatic heterocycles. The smallest absolute Gasteiger partial charge is 0.320 e. The zero-order valence-corrected chi connectivity index (χ0v) is 20.5. The molecule has 0 aliphatic carbocycles. The van der Waals surface area contributed by atoms with E-state index in [2.05, 4.69) is 10.2 Å². The predicted octanol–water partition coefficient (Wildman–Crippen LogP) is 2.10. The standard InChI is InChI=1S/C26H33N5O5/c1-18-2-4-19(5-3-18)22(17-24(32)33)28-25(34)20-6-7-23(21(27)16-20)29-8-10-30(11-9-29)26(35)31-12-14-36-15-13-31/h2-7,16,22H,8-15,17,27H2,1H3,(H,28,34)(H,32,33). The molecule has 2 aromatic carbocycles. The highest BCUT2D eigenvalue weighted by Crippen LogP contribution is 2.27. The van der Waals surface area contributed by atoms with Gasteiger partial charge in [-0.3, -0.25) is 9.59 Å². The van der Waals surface area contributed by atoms with Crippen LogP contribution in [0.4, 0.5) is 16.2 Å². The Morgan fingerprint density at radius 2 is 1.61 bits per heavy atom. The highest BCUT2D eigenvalue weighted by Gasteiger charge is 2.27. The van der Waals surface area contributed by atoms with E-state index in [-0.39, 0.29) is 18.4 Å². The molecule has 1 atom stereocenters. The van der Waals surface area contributed by atoms with Crippen LogP contribution in [-0.2, 0) is 9.53 Å². The van der Waals surface area contributed by atoms with E-state index in [4.69, 9.17) is 10.5 Å². The molecule has 0 bridgehead atoms. The number of aliphatic carboxylic acids is 1. The summed E-state index contributed by atoms with van der Waals surface area (Å²) in [5.41, 5.74) is 9.73. The minimum atomic E-state index is -0.998. The Balaban J connectivity index is 1.38. The summed E-state index contributed by atoms with van der Waals surface area (Å²) in [6.45, 7) is 6.78. The molecule has 0 spiro atoms. The number of carboxylic acids is 1. The van der Waals surface area contributed by atoms with Crippen LogP contribution < -0.4 is 16.0 Å². The first kappa shape index (κ1) is 25.3. The van der Waals surface area contributed by atoms with Gasteiger partial charge in [-0.05, 0) is 30.7 Å². The van der Waals surface area contributed by atoms with Gasteiger partial charge in [-0.15, -0.1) is 0 Å². The van der Waals surface area contributed by atoms with Gasteiger partial charge in [0.25, 0.3) is 5.91 Å². The van der Waals surface area contributed by atoms with E-state index < -0.39 is 12.0 Å². The molecule has 2 aromatic rings. The third-order valence-electron chi connectivity index (χ3n) is 6.63. The van der Waals surface area contributed by atoms with E-state index in [1.807, 2.05) is 47.1 Å². The minimum Gasteiger partial charge on any atom is -0.481 e. The van der Waals surface area contributed by atoms with E-state index >= 15 is 0 Å². The average Bonchev–Trinajstić information content (AvgIpc) is 2.88. The van der Waals surface area contributed by atoms with Crippen LogP contribution in [0.2, 0.25) is 0 Å². The van der Waals surface area contributed by atoms with Gasteiger partial charge in [0.2, 0.25) is 0 Å². The van der Waals surface area contributed by atoms with Crippen LogP contribution >= 0.6 is 0 Å². The summed E-state index contributed by atoms with van der Waals surface area (Å²) < 4.78 is 5.33. The number of carboxylic acid groups (broad SMARTS) is 1. The summed E-state index contributed by atoms with van der Waals surface area (Å²) >= 11 is 0. The molecule has 0 saturated carbocycles. The van der Waals surface area contributed by atoms with Crippen molar-refractivity contribution in [2.75, 3.05) is 63.1 Å². The molecule has 10 nitrogen and oxygen atoms in total. The van der Waals surface area contributed by atoms with Crippen LogP contribution in [0.1, 0.15) is 33.9 Å². The first-order valence-electron chi connectivity index (χ1n) is 12.2. The zero-order chi connectivity index (χ0) is 25.7. The number of carbonyl (C=O) groups excluding carboxylic acids is 2. The molecule has 2 saturated heterocycles. The molecule has 2 fully saturated rings. The number of morpholine rings is 1. The Kier molecular flexibility index (Phi) is 7.94. The van der Waals surface area contributed by atoms with Crippen molar-refractivity contribution >= 4 is 29.3 Å². The van der Waals surface area contributed by atoms with Crippen molar-refractivity contribution in [3.05, 3.63) is 59.2 Å². The van der Waals surface area contributed by atoms with Gasteiger partial charge in [0.05, 0.1) is 37.1 Å². The molecule has 4 rings (SSSR count). The maximum atomic E-state index is 13.0. The first-order chi connectivity index (χ1) is 17.3. The van der Waals surface area contributed by atoms with E-state index in [0.29, 0.717) is 63.7 Å². The molecule has 1 unspecified atom stereocenters. The fourth-order valence-electron chi connectivity index (χ4n) is 4.54. The number of nitrogens with one attached hydrogen (secondary N) is 1. The SMILES string of the molecule is Cc1ccc(C(CC(=O)O)NC(=O)c2ccc(N3CCN(C(=O)N4CCOCC4)CC3)c(N)c2)cc1. The van der Waals surface area contributed by atoms with Gasteiger partial charge >= 0.3 is 12.0 Å². The van der Waals surface area contributed by atoms with Gasteiger partial charge < -0.3 is 35.6 Å². The average molecular weight is 496 g/mol. The number of anilines is 2. The number of carbonyl (C=O) groups is 3. The lowest BCUT2D eigenvalue weighted by molar-refractivity contribution is -0.137. The predicted molar refractivity (Wildman–Crippen MR) is 136 cm³/mol. The van der Waals surface area contributed by atoms with Crippen molar-refractivity contribution in [2.45, 2.75) is 19.4 Å². The summed E-state index contributed by atoms with van der Waals surface area (Å²) in [5.74, 6) is -1.39. The molecule has 36 heavy (non-hydrogen) atoms. The third-order valence-corrected chi connectivity index (χ3v) is 6.63. The summed E-state index contributed by atoms with van der Waals surface area (Å²) in [4.78, 5) is 42.9. The Hall–Kier alpha value is -3.79. The number of piperazine rings is 1. The van der Waals surface area contributed by atoms with Crippen molar-refractivity contribution in [1.82, 2.24) is 15.1 Å². The van der Waals surface area contributed by atoms with Crippen molar-refractivity contribution in [3.8, 4) is 0 Å². The van der Waals surface area contributed by atoms with Crippen LogP contribution in [0.15, 0.2) is 42.5 Å². The monoisotopic (exact) mass is 495 g/mol. The van der Waals surface area contributed by atoms with Gasteiger partial charge in [0.15, 0.2) is 0 Å². The lowest BCUT2D eigenvalue weighted by atomic mass is 10.0. The number of nitrogens with zero attached hydrogens (tertiary/aromatic N) is 3. The Morgan fingerprint density at radius 1 is 0.972 bits per heavy atom. The number of hydrogen-bond donors (Lipinski definition) is 3. The number of benzene rings is 2. The molecule has 3 amide bonds. The number of ether oxygens (including phenoxy) is 1. The van der Waals surface area contributed by atoms with E-state index in [1.54, 1.807) is 12.1 Å². The Bertz CT molecular complexity index is 1090. The molecular weight excluding hydrogens is 462 g/mol. The van der Waals surface area contributed by atoms with E-state index in [9.17, 15) is 19.5 Å². The normalized spacial score (nSPS) is 17.0. The molecule has 2 aliphatic rings. The Labute approximate surface area is 210 Å². The summed E-state index contributed by atoms with van der Waals surface area (Å²) in [7, 11) is 0. The number of nitrogens with two attached hydrogens (primary N) is 1. The number of aryl methyl sites for hydroxylation is 1. The number of amides is 3. The van der Waals surface area contributed by atoms with E-state index in [0.717, 1.165) is 16.8 Å². The maximum Gasteiger partial charge on any atom is 0.320 e. The maximum absolute atomic E-state index is 13.0. The van der Waals surface area contributed by atoms with E-state index in [1.165, 1.54) is 0 Å². The van der Waals surface area contributed by atoms with Crippen LogP contribution in [-0.4, -0.2) is 85.3 Å². The van der Waals surface area contributed by atoms with Gasteiger partial charge in [0, 0.05) is 44.8 Å². The second-order valence-electron chi connectivity index (χ2n) is 9.16. The molecule has 0 radical (unpaired) electrons. The second kappa shape index (κ2) is 11.3. The molecular formula is C26H33N5O5. The van der Waals surface area contributed by atoms with Gasteiger partial charge in [-0.1, -0.05) is 29.8 Å². The molecule has 2 heterocycles. The number of nitrogen functional groups attached to an aromatic ring is 1. The lowest BCUT2D eigenvalue weighted by Gasteiger charge is -2.39. The lowest BCUT2D eigenvalue weighted by Crippen LogP contribution is -2.54. The summed E-state index contributed by atoms with van der Waals surface area (Å²) in [6, 6.07) is 11.9. The minimum absolute atomic E-state index is 0.0439. The van der Waals surface area contributed by atoms with Crippen LogP contribution in [0.25, 0.3) is 0 Å². The third kappa shape index (κ3) is 6.06. The van der Waals surface area contributed by atoms with Gasteiger partial charge in [-0.25, -0.2) is 4.79 Å².